The first-order valence-corrected chi connectivity index (χ1v) is 10.8. The molecule has 5 rings (SSSR count). The summed E-state index contributed by atoms with van der Waals surface area (Å²) in [6.07, 6.45) is 0. The van der Waals surface area contributed by atoms with Gasteiger partial charge in [-0.25, -0.2) is 0 Å². The highest BCUT2D eigenvalue weighted by Crippen LogP contribution is 2.37. The van der Waals surface area contributed by atoms with Crippen LogP contribution in [0.3, 0.4) is 0 Å². The maximum Gasteiger partial charge on any atom is 0.255 e. The normalized spacial score (nSPS) is 11.2. The van der Waals surface area contributed by atoms with Crippen molar-refractivity contribution in [3.05, 3.63) is 70.4 Å². The Balaban J connectivity index is 1.55. The molecule has 5 nitrogen and oxygen atoms in total. The van der Waals surface area contributed by atoms with E-state index in [2.05, 4.69) is 33.7 Å². The van der Waals surface area contributed by atoms with E-state index >= 15 is 0 Å². The average Bonchev–Trinajstić information content (AvgIpc) is 3.49. The second kappa shape index (κ2) is 7.35. The number of hydrogen-bond acceptors (Lipinski definition) is 5. The highest BCUT2D eigenvalue weighted by Gasteiger charge is 2.18. The van der Waals surface area contributed by atoms with Crippen molar-refractivity contribution in [3.8, 4) is 16.3 Å². The fourth-order valence-corrected chi connectivity index (χ4v) is 5.06. The van der Waals surface area contributed by atoms with E-state index < -0.39 is 0 Å². The maximum absolute atomic E-state index is 12.9. The lowest BCUT2D eigenvalue weighted by Crippen LogP contribution is -2.22. The van der Waals surface area contributed by atoms with Crippen LogP contribution in [0.2, 0.25) is 0 Å². The largest absolute Gasteiger partial charge is 0.496 e. The van der Waals surface area contributed by atoms with Crippen LogP contribution < -0.4 is 10.1 Å². The predicted octanol–water partition coefficient (Wildman–Crippen LogP) is 5.44. The minimum atomic E-state index is -0.166. The van der Waals surface area contributed by atoms with E-state index in [1.165, 1.54) is 10.1 Å². The Hall–Kier alpha value is -3.16. The topological polar surface area (TPSA) is 67.0 Å². The molecule has 0 fully saturated rings. The molecule has 0 unspecified atom stereocenters. The van der Waals surface area contributed by atoms with Gasteiger partial charge in [-0.05, 0) is 35.0 Å². The summed E-state index contributed by atoms with van der Waals surface area (Å²) in [7, 11) is 1.57. The molecule has 0 saturated heterocycles. The van der Waals surface area contributed by atoms with Gasteiger partial charge >= 0.3 is 0 Å². The minimum absolute atomic E-state index is 0.166. The lowest BCUT2D eigenvalue weighted by atomic mass is 10.1. The van der Waals surface area contributed by atoms with E-state index in [4.69, 9.17) is 4.74 Å². The van der Waals surface area contributed by atoms with Gasteiger partial charge in [-0.2, -0.15) is 5.10 Å². The second-order valence-corrected chi connectivity index (χ2v) is 8.70. The second-order valence-electron chi connectivity index (χ2n) is 6.58. The summed E-state index contributed by atoms with van der Waals surface area (Å²) in [5.74, 6) is 0.355. The molecular formula is C22H17N3O2S2. The van der Waals surface area contributed by atoms with Crippen LogP contribution in [0.1, 0.15) is 15.2 Å². The number of fused-ring (bicyclic) bond motifs is 2. The zero-order chi connectivity index (χ0) is 19.8. The van der Waals surface area contributed by atoms with E-state index in [1.54, 1.807) is 29.8 Å². The Kier molecular flexibility index (Phi) is 4.54. The number of benzene rings is 2. The van der Waals surface area contributed by atoms with Crippen molar-refractivity contribution < 1.29 is 9.53 Å². The van der Waals surface area contributed by atoms with Crippen molar-refractivity contribution in [1.82, 2.24) is 15.5 Å². The highest BCUT2D eigenvalue weighted by molar-refractivity contribution is 7.22. The molecule has 2 N–H and O–H groups in total. The molecule has 0 radical (unpaired) electrons. The van der Waals surface area contributed by atoms with Gasteiger partial charge in [0.25, 0.3) is 5.91 Å². The number of thiophene rings is 2. The third-order valence-electron chi connectivity index (χ3n) is 4.79. The van der Waals surface area contributed by atoms with Gasteiger partial charge in [-0.15, -0.1) is 22.7 Å². The number of methoxy groups -OCH3 is 1. The lowest BCUT2D eigenvalue weighted by Gasteiger charge is -2.09. The number of nitrogens with one attached hydrogen (secondary N) is 2. The summed E-state index contributed by atoms with van der Waals surface area (Å²) in [6.45, 7) is 0.492. The zero-order valence-electron chi connectivity index (χ0n) is 15.6. The number of nitrogens with zero attached hydrogens (tertiary/aromatic N) is 1. The molecule has 0 aliphatic carbocycles. The van der Waals surface area contributed by atoms with E-state index in [0.29, 0.717) is 17.9 Å². The quantitative estimate of drug-likeness (QED) is 0.398. The van der Waals surface area contributed by atoms with Crippen LogP contribution in [0.25, 0.3) is 31.6 Å². The average molecular weight is 420 g/mol. The summed E-state index contributed by atoms with van der Waals surface area (Å²) in [6, 6.07) is 18.1. The van der Waals surface area contributed by atoms with E-state index in [0.717, 1.165) is 26.4 Å². The zero-order valence-corrected chi connectivity index (χ0v) is 17.2. The van der Waals surface area contributed by atoms with Gasteiger partial charge < -0.3 is 10.1 Å². The van der Waals surface area contributed by atoms with Crippen molar-refractivity contribution in [2.45, 2.75) is 6.54 Å². The van der Waals surface area contributed by atoms with Gasteiger partial charge in [0.1, 0.15) is 11.4 Å². The maximum atomic E-state index is 12.9. The van der Waals surface area contributed by atoms with E-state index in [-0.39, 0.29) is 5.91 Å². The monoisotopic (exact) mass is 419 g/mol. The molecule has 0 aliphatic rings. The van der Waals surface area contributed by atoms with Gasteiger partial charge in [0.2, 0.25) is 0 Å². The van der Waals surface area contributed by atoms with E-state index in [1.807, 2.05) is 41.8 Å². The van der Waals surface area contributed by atoms with Crippen LogP contribution >= 0.6 is 22.7 Å². The molecule has 0 atom stereocenters. The summed E-state index contributed by atoms with van der Waals surface area (Å²) in [5.41, 5.74) is 2.18. The molecule has 0 spiro atoms. The number of ether oxygens (including phenoxy) is 1. The third-order valence-corrected chi connectivity index (χ3v) is 6.79. The SMILES string of the molecule is COc1cc2[nH]nc(-c3cc4ccccc4s3)c2cc1C(=O)NCc1cccs1. The van der Waals surface area contributed by atoms with Gasteiger partial charge in [-0.3, -0.25) is 9.89 Å². The molecule has 7 heteroatoms. The first-order chi connectivity index (χ1) is 14.2. The number of rotatable bonds is 5. The molecule has 2 aromatic carbocycles. The molecule has 0 saturated carbocycles. The van der Waals surface area contributed by atoms with Crippen LogP contribution in [0.5, 0.6) is 5.75 Å². The van der Waals surface area contributed by atoms with Gasteiger partial charge in [0.05, 0.1) is 29.6 Å². The van der Waals surface area contributed by atoms with Crippen LogP contribution in [-0.2, 0) is 6.54 Å². The molecular weight excluding hydrogens is 402 g/mol. The number of amides is 1. The summed E-state index contributed by atoms with van der Waals surface area (Å²) in [5, 5.41) is 14.7. The highest BCUT2D eigenvalue weighted by atomic mass is 32.1. The fourth-order valence-electron chi connectivity index (χ4n) is 3.35. The van der Waals surface area contributed by atoms with Crippen LogP contribution in [-0.4, -0.2) is 23.2 Å². The van der Waals surface area contributed by atoms with Crippen molar-refractivity contribution >= 4 is 49.6 Å². The van der Waals surface area contributed by atoms with Gasteiger partial charge in [-0.1, -0.05) is 24.3 Å². The molecule has 144 valence electrons. The Bertz CT molecular complexity index is 1290. The van der Waals surface area contributed by atoms with Gasteiger partial charge in [0, 0.05) is 21.0 Å². The van der Waals surface area contributed by atoms with Crippen molar-refractivity contribution in [2.24, 2.45) is 0 Å². The summed E-state index contributed by atoms with van der Waals surface area (Å²) >= 11 is 3.31. The van der Waals surface area contributed by atoms with Crippen LogP contribution in [0, 0.1) is 0 Å². The fraction of sp³-hybridized carbons (Fsp3) is 0.0909. The molecule has 0 bridgehead atoms. The number of aromatic amines is 1. The Morgan fingerprint density at radius 3 is 2.86 bits per heavy atom. The van der Waals surface area contributed by atoms with Crippen LogP contribution in [0.4, 0.5) is 0 Å². The summed E-state index contributed by atoms with van der Waals surface area (Å²) < 4.78 is 6.68. The van der Waals surface area contributed by atoms with E-state index in [9.17, 15) is 4.79 Å². The third kappa shape index (κ3) is 3.28. The number of carbonyl (C=O) groups excluding carboxylic acids is 1. The Labute approximate surface area is 175 Å². The molecule has 5 aromatic rings. The minimum Gasteiger partial charge on any atom is -0.496 e. The van der Waals surface area contributed by atoms with Crippen molar-refractivity contribution in [1.29, 1.82) is 0 Å². The van der Waals surface area contributed by atoms with Crippen molar-refractivity contribution in [3.63, 3.8) is 0 Å². The molecule has 3 heterocycles. The standard InChI is InChI=1S/C22H17N3O2S2/c1-27-18-11-17-15(10-16(18)22(26)23-12-14-6-4-8-28-14)21(25-24-17)20-9-13-5-2-3-7-19(13)29-20/h2-11H,12H2,1H3,(H,23,26)(H,24,25). The van der Waals surface area contributed by atoms with Gasteiger partial charge in [0.15, 0.2) is 0 Å². The van der Waals surface area contributed by atoms with Crippen molar-refractivity contribution in [2.75, 3.05) is 7.11 Å². The Morgan fingerprint density at radius 2 is 2.07 bits per heavy atom. The number of aromatic nitrogens is 2. The first kappa shape index (κ1) is 17.9. The number of hydrogen-bond donors (Lipinski definition) is 2. The lowest BCUT2D eigenvalue weighted by molar-refractivity contribution is 0.0948. The number of carbonyl (C=O) groups is 1. The smallest absolute Gasteiger partial charge is 0.255 e. The molecule has 29 heavy (non-hydrogen) atoms. The molecule has 3 aromatic heterocycles. The molecule has 0 aliphatic heterocycles. The molecule has 1 amide bonds. The Morgan fingerprint density at radius 1 is 1.17 bits per heavy atom. The first-order valence-electron chi connectivity index (χ1n) is 9.08. The summed E-state index contributed by atoms with van der Waals surface area (Å²) in [4.78, 5) is 15.0. The predicted molar refractivity (Wildman–Crippen MR) is 119 cm³/mol. The van der Waals surface area contributed by atoms with Crippen LogP contribution in [0.15, 0.2) is 60.0 Å². The number of H-pyrrole nitrogens is 1.